The van der Waals surface area contributed by atoms with Crippen LogP contribution in [0.3, 0.4) is 0 Å². The summed E-state index contributed by atoms with van der Waals surface area (Å²) in [6.45, 7) is 14.3. The van der Waals surface area contributed by atoms with E-state index in [2.05, 4.69) is 474 Å². The first-order chi connectivity index (χ1) is 59.8. The number of hydrogen-bond acceptors (Lipinski definition) is 2. The Kier molecular flexibility index (Phi) is 15.6. The first-order valence-electron chi connectivity index (χ1n) is 43.1. The highest BCUT2D eigenvalue weighted by Gasteiger charge is 2.55. The monoisotopic (exact) mass is 1560 g/mol. The lowest BCUT2D eigenvalue weighted by Gasteiger charge is -2.46. The van der Waals surface area contributed by atoms with Crippen molar-refractivity contribution < 1.29 is 0 Å². The predicted molar refractivity (Wildman–Crippen MR) is 508 cm³/mol. The number of aromatic nitrogens is 1. The SMILES string of the molecule is CC1(C)c2ccccc2-c2ccc(N(c3ccc(-c4ccc5c(c4)c4ccccc4n5-c4ccccc4)cc3)c3ccc4c(c3)C3(c5ccccc5-4)c4ccccc4C(C)(C)c4ccccc43)cc21.CC1(C)c2ccccc2-c2ccc(N(c3ccc(-c4ccccc4)cc3)c3cccc4c3-c3ccccc3C43c4ccccc4-c4ccccc43)cc21. The summed E-state index contributed by atoms with van der Waals surface area (Å²) in [6.07, 6.45) is 0. The van der Waals surface area contributed by atoms with Crippen LogP contribution >= 0.6 is 0 Å². The summed E-state index contributed by atoms with van der Waals surface area (Å²) < 4.78 is 2.39. The number of nitrogens with zero attached hydrogens (tertiary/aromatic N) is 3. The van der Waals surface area contributed by atoms with Gasteiger partial charge in [-0.25, -0.2) is 0 Å². The molecule has 3 heteroatoms. The van der Waals surface area contributed by atoms with Crippen molar-refractivity contribution in [3.8, 4) is 83.6 Å². The van der Waals surface area contributed by atoms with Gasteiger partial charge in [0.05, 0.1) is 27.6 Å². The van der Waals surface area contributed by atoms with Gasteiger partial charge in [-0.05, 0) is 247 Å². The van der Waals surface area contributed by atoms with Crippen LogP contribution in [-0.2, 0) is 27.1 Å². The van der Waals surface area contributed by atoms with Crippen molar-refractivity contribution in [3.05, 3.63) is 496 Å². The molecule has 0 unspecified atom stereocenters. The molecule has 0 saturated carbocycles. The van der Waals surface area contributed by atoms with Gasteiger partial charge >= 0.3 is 0 Å². The predicted octanol–water partition coefficient (Wildman–Crippen LogP) is 30.7. The zero-order valence-corrected chi connectivity index (χ0v) is 69.2. The summed E-state index contributed by atoms with van der Waals surface area (Å²) in [4.78, 5) is 5.01. The normalized spacial score (nSPS) is 14.8. The van der Waals surface area contributed by atoms with Crippen molar-refractivity contribution in [1.29, 1.82) is 0 Å². The Labute approximate surface area is 714 Å². The van der Waals surface area contributed by atoms with Gasteiger partial charge in [0.1, 0.15) is 0 Å². The van der Waals surface area contributed by atoms with Crippen molar-refractivity contribution in [2.24, 2.45) is 0 Å². The van der Waals surface area contributed by atoms with Crippen LogP contribution in [0.5, 0.6) is 0 Å². The number of rotatable bonds is 9. The molecule has 0 radical (unpaired) electrons. The van der Waals surface area contributed by atoms with Crippen LogP contribution in [0.15, 0.2) is 419 Å². The molecule has 3 nitrogen and oxygen atoms in total. The molecular formula is C119H87N3. The zero-order chi connectivity index (χ0) is 81.5. The second kappa shape index (κ2) is 26.7. The van der Waals surface area contributed by atoms with Crippen molar-refractivity contribution in [2.45, 2.75) is 68.6 Å². The fraction of sp³-hybridized carbons (Fsp3) is 0.0924. The molecule has 19 aromatic rings. The maximum atomic E-state index is 2.53. The van der Waals surface area contributed by atoms with Crippen molar-refractivity contribution >= 4 is 55.9 Å². The third-order valence-electron chi connectivity index (χ3n) is 28.6. The molecule has 0 amide bonds. The van der Waals surface area contributed by atoms with Crippen LogP contribution < -0.4 is 9.80 Å². The van der Waals surface area contributed by atoms with Crippen LogP contribution in [0.1, 0.15) is 119 Å². The maximum absolute atomic E-state index is 2.53. The molecule has 0 fully saturated rings. The molecule has 0 bridgehead atoms. The zero-order valence-electron chi connectivity index (χ0n) is 69.2. The van der Waals surface area contributed by atoms with Gasteiger partial charge in [-0.15, -0.1) is 0 Å². The standard InChI is InChI=1S/C67H50N2.C52H37N/c1-65(2)55-23-11-8-20-49(55)51-37-35-47(41-61(51)65)68(46-33-30-43(31-34-46)44-32-39-64-54(40-44)53-22-10-17-29-63(53)69(64)45-18-6-5-7-19-45)48-36-38-52-50-21-9-12-24-56(50)67(62(52)42-48)59-27-15-13-25-57(59)66(3,4)58-26-14-16-28-60(58)67;1-51(2)43-21-10-6-17-38(43)41-32-31-37(33-48(41)51)53(36-29-27-35(28-30-36)34-15-4-3-5-16-34)49-26-14-25-47-50(49)42-20-9-13-24-46(42)52(47)44-22-11-7-18-39(44)40-19-8-12-23-45(40)52/h5-42H,1-4H3;3-33H,1-2H3. The molecule has 6 aliphatic rings. The van der Waals surface area contributed by atoms with Crippen molar-refractivity contribution in [2.75, 3.05) is 9.80 Å². The summed E-state index contributed by atoms with van der Waals surface area (Å²) in [5, 5.41) is 2.51. The van der Waals surface area contributed by atoms with E-state index < -0.39 is 10.8 Å². The smallest absolute Gasteiger partial charge is 0.0726 e. The first kappa shape index (κ1) is 71.5. The lowest BCUT2D eigenvalue weighted by Crippen LogP contribution is -2.40. The number of benzene rings is 18. The summed E-state index contributed by atoms with van der Waals surface area (Å²) in [7, 11) is 0. The molecule has 1 heterocycles. The molecule has 122 heavy (non-hydrogen) atoms. The van der Waals surface area contributed by atoms with E-state index in [4.69, 9.17) is 0 Å². The van der Waals surface area contributed by atoms with E-state index in [0.717, 1.165) is 28.4 Å². The highest BCUT2D eigenvalue weighted by molar-refractivity contribution is 6.11. The molecule has 0 atom stereocenters. The minimum Gasteiger partial charge on any atom is -0.310 e. The molecule has 25 rings (SSSR count). The Morgan fingerprint density at radius 1 is 0.189 bits per heavy atom. The summed E-state index contributed by atoms with van der Waals surface area (Å²) in [5.41, 5.74) is 46.2. The lowest BCUT2D eigenvalue weighted by atomic mass is 9.55. The van der Waals surface area contributed by atoms with Gasteiger partial charge in [-0.2, -0.15) is 0 Å². The van der Waals surface area contributed by atoms with Crippen molar-refractivity contribution in [1.82, 2.24) is 4.57 Å². The maximum Gasteiger partial charge on any atom is 0.0726 e. The quantitative estimate of drug-likeness (QED) is 0.143. The van der Waals surface area contributed by atoms with Crippen LogP contribution in [-0.4, -0.2) is 4.57 Å². The van der Waals surface area contributed by atoms with E-state index in [-0.39, 0.29) is 16.2 Å². The molecule has 0 aliphatic heterocycles. The Morgan fingerprint density at radius 3 is 1.04 bits per heavy atom. The summed E-state index contributed by atoms with van der Waals surface area (Å²) in [6, 6.07) is 157. The number of fused-ring (bicyclic) bond motifs is 28. The van der Waals surface area contributed by atoms with Crippen molar-refractivity contribution in [3.63, 3.8) is 0 Å². The average Bonchev–Trinajstić information content (AvgIpc) is 1.51. The Hall–Kier alpha value is -14.6. The summed E-state index contributed by atoms with van der Waals surface area (Å²) in [5.74, 6) is 0. The molecule has 0 N–H and O–H groups in total. The molecule has 0 saturated heterocycles. The van der Waals surface area contributed by atoms with Crippen LogP contribution in [0, 0.1) is 0 Å². The van der Waals surface area contributed by atoms with Gasteiger partial charge in [0.2, 0.25) is 0 Å². The van der Waals surface area contributed by atoms with Crippen LogP contribution in [0.4, 0.5) is 34.1 Å². The number of para-hydroxylation sites is 2. The second-order valence-corrected chi connectivity index (χ2v) is 35.7. The van der Waals surface area contributed by atoms with Gasteiger partial charge in [-0.1, -0.05) is 363 Å². The average molecular weight is 1560 g/mol. The van der Waals surface area contributed by atoms with Gasteiger partial charge in [0.25, 0.3) is 0 Å². The molecule has 1 aromatic heterocycles. The Bertz CT molecular complexity index is 7440. The third-order valence-corrected chi connectivity index (χ3v) is 28.6. The van der Waals surface area contributed by atoms with Gasteiger partial charge in [0.15, 0.2) is 0 Å². The van der Waals surface area contributed by atoms with E-state index in [9.17, 15) is 0 Å². The van der Waals surface area contributed by atoms with Gasteiger partial charge in [0, 0.05) is 66.7 Å². The molecule has 6 aliphatic carbocycles. The minimum atomic E-state index is -0.496. The van der Waals surface area contributed by atoms with E-state index in [1.54, 1.807) is 0 Å². The van der Waals surface area contributed by atoms with E-state index in [1.165, 1.54) is 189 Å². The van der Waals surface area contributed by atoms with E-state index >= 15 is 0 Å². The van der Waals surface area contributed by atoms with Gasteiger partial charge < -0.3 is 14.4 Å². The third kappa shape index (κ3) is 10.0. The van der Waals surface area contributed by atoms with Crippen LogP contribution in [0.2, 0.25) is 0 Å². The fourth-order valence-electron chi connectivity index (χ4n) is 23.1. The molecule has 2 spiro atoms. The number of hydrogen-bond donors (Lipinski definition) is 0. The van der Waals surface area contributed by atoms with Crippen LogP contribution in [0.25, 0.3) is 105 Å². The molecule has 18 aromatic carbocycles. The number of anilines is 6. The highest BCUT2D eigenvalue weighted by atomic mass is 15.2. The van der Waals surface area contributed by atoms with E-state index in [0.29, 0.717) is 0 Å². The summed E-state index contributed by atoms with van der Waals surface area (Å²) >= 11 is 0. The Morgan fingerprint density at radius 2 is 0.516 bits per heavy atom. The largest absolute Gasteiger partial charge is 0.310 e. The Balaban J connectivity index is 0.000000143. The molecular weight excluding hydrogens is 1470 g/mol. The van der Waals surface area contributed by atoms with Gasteiger partial charge in [-0.3, -0.25) is 0 Å². The minimum absolute atomic E-state index is 0.114. The van der Waals surface area contributed by atoms with E-state index in [1.807, 2.05) is 0 Å². The fourth-order valence-corrected chi connectivity index (χ4v) is 23.1. The highest BCUT2D eigenvalue weighted by Crippen LogP contribution is 2.67. The second-order valence-electron chi connectivity index (χ2n) is 35.7. The lowest BCUT2D eigenvalue weighted by molar-refractivity contribution is 0.563. The first-order valence-corrected chi connectivity index (χ1v) is 43.1. The molecule has 578 valence electrons. The topological polar surface area (TPSA) is 11.4 Å².